The van der Waals surface area contributed by atoms with Crippen molar-refractivity contribution < 1.29 is 26.8 Å². The minimum atomic E-state index is -3.84. The second kappa shape index (κ2) is 10.3. The Bertz CT molecular complexity index is 1150. The van der Waals surface area contributed by atoms with Crippen LogP contribution >= 0.6 is 0 Å². The molecule has 2 aromatic carbocycles. The van der Waals surface area contributed by atoms with Crippen LogP contribution in [0.15, 0.2) is 42.5 Å². The van der Waals surface area contributed by atoms with Gasteiger partial charge in [-0.1, -0.05) is 30.3 Å². The molecule has 0 saturated carbocycles. The summed E-state index contributed by atoms with van der Waals surface area (Å²) in [4.78, 5) is 23.5. The molecule has 0 aliphatic heterocycles. The summed E-state index contributed by atoms with van der Waals surface area (Å²) in [5.74, 6) is -3.50. The van der Waals surface area contributed by atoms with Gasteiger partial charge in [0, 0.05) is 6.54 Å². The standard InChI is InChI=1S/C21H22F2N4O4S/c1-13(21(29)26-17(11-24)10-20(25)28)27(32(2,30)31)12-14-3-5-15(6-4-14)16-7-8-18(22)19(23)9-16/h3-9,13,17H,10,12H2,1-2H3,(H2,25,28)(H,26,29)/t13-,17+/m1/s1. The Balaban J connectivity index is 2.20. The maximum absolute atomic E-state index is 13.5. The van der Waals surface area contributed by atoms with Gasteiger partial charge in [-0.15, -0.1) is 0 Å². The molecular weight excluding hydrogens is 442 g/mol. The molecule has 2 aromatic rings. The first-order valence-electron chi connectivity index (χ1n) is 9.42. The van der Waals surface area contributed by atoms with Gasteiger partial charge in [0.2, 0.25) is 21.8 Å². The lowest BCUT2D eigenvalue weighted by Gasteiger charge is -2.27. The van der Waals surface area contributed by atoms with E-state index in [4.69, 9.17) is 11.0 Å². The van der Waals surface area contributed by atoms with E-state index in [9.17, 15) is 26.8 Å². The fourth-order valence-electron chi connectivity index (χ4n) is 2.95. The Hall–Kier alpha value is -3.36. The summed E-state index contributed by atoms with van der Waals surface area (Å²) >= 11 is 0. The van der Waals surface area contributed by atoms with Gasteiger partial charge in [-0.2, -0.15) is 9.57 Å². The van der Waals surface area contributed by atoms with Crippen molar-refractivity contribution in [3.8, 4) is 17.2 Å². The van der Waals surface area contributed by atoms with Crippen molar-refractivity contribution in [2.75, 3.05) is 6.26 Å². The molecule has 2 atom stereocenters. The fourth-order valence-corrected chi connectivity index (χ4v) is 4.01. The highest BCUT2D eigenvalue weighted by molar-refractivity contribution is 7.88. The highest BCUT2D eigenvalue weighted by atomic mass is 32.2. The van der Waals surface area contributed by atoms with Gasteiger partial charge >= 0.3 is 0 Å². The van der Waals surface area contributed by atoms with E-state index in [-0.39, 0.29) is 6.54 Å². The number of nitrogens with two attached hydrogens (primary N) is 1. The maximum atomic E-state index is 13.5. The predicted octanol–water partition coefficient (Wildman–Crippen LogP) is 1.67. The average Bonchev–Trinajstić information content (AvgIpc) is 2.72. The third kappa shape index (κ3) is 6.57. The molecular formula is C21H22F2N4O4S. The summed E-state index contributed by atoms with van der Waals surface area (Å²) in [5, 5.41) is 11.3. The smallest absolute Gasteiger partial charge is 0.239 e. The average molecular weight is 464 g/mol. The van der Waals surface area contributed by atoms with Gasteiger partial charge in [0.25, 0.3) is 0 Å². The lowest BCUT2D eigenvalue weighted by atomic mass is 10.0. The molecule has 0 radical (unpaired) electrons. The zero-order chi connectivity index (χ0) is 24.1. The molecule has 0 saturated heterocycles. The Morgan fingerprint density at radius 2 is 1.72 bits per heavy atom. The Morgan fingerprint density at radius 3 is 2.22 bits per heavy atom. The Labute approximate surface area is 184 Å². The molecule has 0 unspecified atom stereocenters. The first kappa shape index (κ1) is 24.9. The van der Waals surface area contributed by atoms with Gasteiger partial charge in [-0.3, -0.25) is 9.59 Å². The van der Waals surface area contributed by atoms with Crippen molar-refractivity contribution in [1.82, 2.24) is 9.62 Å². The van der Waals surface area contributed by atoms with E-state index in [0.717, 1.165) is 22.7 Å². The number of halogens is 2. The summed E-state index contributed by atoms with van der Waals surface area (Å²) in [5.41, 5.74) is 6.61. The van der Waals surface area contributed by atoms with Gasteiger partial charge in [0.15, 0.2) is 11.6 Å². The first-order valence-corrected chi connectivity index (χ1v) is 11.3. The number of rotatable bonds is 9. The van der Waals surface area contributed by atoms with Crippen molar-refractivity contribution in [2.24, 2.45) is 5.73 Å². The molecule has 0 fully saturated rings. The molecule has 32 heavy (non-hydrogen) atoms. The van der Waals surface area contributed by atoms with Gasteiger partial charge in [-0.05, 0) is 35.7 Å². The van der Waals surface area contributed by atoms with Crippen LogP contribution in [0.3, 0.4) is 0 Å². The molecule has 2 amide bonds. The maximum Gasteiger partial charge on any atom is 0.239 e. The van der Waals surface area contributed by atoms with Crippen LogP contribution in [0, 0.1) is 23.0 Å². The lowest BCUT2D eigenvalue weighted by Crippen LogP contribution is -2.50. The quantitative estimate of drug-likeness (QED) is 0.582. The van der Waals surface area contributed by atoms with E-state index >= 15 is 0 Å². The summed E-state index contributed by atoms with van der Waals surface area (Å²) in [7, 11) is -3.84. The molecule has 0 bridgehead atoms. The minimum Gasteiger partial charge on any atom is -0.370 e. The van der Waals surface area contributed by atoms with Crippen LogP contribution in [0.25, 0.3) is 11.1 Å². The number of sulfonamides is 1. The number of hydrogen-bond acceptors (Lipinski definition) is 5. The number of carbonyl (C=O) groups excluding carboxylic acids is 2. The van der Waals surface area contributed by atoms with E-state index in [1.54, 1.807) is 30.3 Å². The number of nitrogens with zero attached hydrogens (tertiary/aromatic N) is 2. The summed E-state index contributed by atoms with van der Waals surface area (Å²) in [6, 6.07) is 9.28. The number of primary amides is 1. The van der Waals surface area contributed by atoms with E-state index in [1.807, 2.05) is 0 Å². The molecule has 170 valence electrons. The van der Waals surface area contributed by atoms with Crippen LogP contribution in [0.1, 0.15) is 18.9 Å². The molecule has 0 heterocycles. The van der Waals surface area contributed by atoms with Crippen LogP contribution in [0.2, 0.25) is 0 Å². The highest BCUT2D eigenvalue weighted by Crippen LogP contribution is 2.23. The number of nitriles is 1. The number of hydrogen-bond donors (Lipinski definition) is 2. The molecule has 0 aromatic heterocycles. The van der Waals surface area contributed by atoms with Gasteiger partial charge in [0.1, 0.15) is 12.1 Å². The number of amides is 2. The minimum absolute atomic E-state index is 0.154. The van der Waals surface area contributed by atoms with Crippen LogP contribution in [-0.2, 0) is 26.2 Å². The van der Waals surface area contributed by atoms with E-state index in [1.165, 1.54) is 13.0 Å². The first-order chi connectivity index (χ1) is 14.9. The second-order valence-corrected chi connectivity index (χ2v) is 9.11. The van der Waals surface area contributed by atoms with E-state index in [0.29, 0.717) is 16.7 Å². The largest absolute Gasteiger partial charge is 0.370 e. The lowest BCUT2D eigenvalue weighted by molar-refractivity contribution is -0.125. The molecule has 0 aliphatic rings. The van der Waals surface area contributed by atoms with Crippen molar-refractivity contribution in [2.45, 2.75) is 32.0 Å². The van der Waals surface area contributed by atoms with Gasteiger partial charge in [-0.25, -0.2) is 17.2 Å². The molecule has 0 aliphatic carbocycles. The SMILES string of the molecule is C[C@H](C(=O)N[C@H](C#N)CC(N)=O)N(Cc1ccc(-c2ccc(F)c(F)c2)cc1)S(C)(=O)=O. The van der Waals surface area contributed by atoms with Crippen molar-refractivity contribution >= 4 is 21.8 Å². The van der Waals surface area contributed by atoms with Crippen molar-refractivity contribution in [1.29, 1.82) is 5.26 Å². The van der Waals surface area contributed by atoms with E-state index < -0.39 is 52.0 Å². The van der Waals surface area contributed by atoms with Gasteiger partial charge in [0.05, 0.1) is 18.7 Å². The third-order valence-corrected chi connectivity index (χ3v) is 5.96. The van der Waals surface area contributed by atoms with E-state index in [2.05, 4.69) is 5.32 Å². The topological polar surface area (TPSA) is 133 Å². The van der Waals surface area contributed by atoms with Crippen LogP contribution in [0.5, 0.6) is 0 Å². The number of carbonyl (C=O) groups is 2. The molecule has 11 heteroatoms. The van der Waals surface area contributed by atoms with Crippen molar-refractivity contribution in [3.05, 3.63) is 59.7 Å². The van der Waals surface area contributed by atoms with Crippen molar-refractivity contribution in [3.63, 3.8) is 0 Å². The number of benzene rings is 2. The molecule has 3 N–H and O–H groups in total. The Kier molecular flexibility index (Phi) is 8.02. The normalized spacial score (nSPS) is 13.2. The molecule has 2 rings (SSSR count). The fraction of sp³-hybridized carbons (Fsp3) is 0.286. The van der Waals surface area contributed by atoms with Crippen LogP contribution in [0.4, 0.5) is 8.78 Å². The van der Waals surface area contributed by atoms with Crippen LogP contribution < -0.4 is 11.1 Å². The second-order valence-electron chi connectivity index (χ2n) is 7.17. The molecule has 0 spiro atoms. The molecule has 8 nitrogen and oxygen atoms in total. The summed E-state index contributed by atoms with van der Waals surface area (Å²) in [6.07, 6.45) is 0.539. The summed E-state index contributed by atoms with van der Waals surface area (Å²) in [6.45, 7) is 1.20. The Morgan fingerprint density at radius 1 is 1.12 bits per heavy atom. The van der Waals surface area contributed by atoms with Gasteiger partial charge < -0.3 is 11.1 Å². The predicted molar refractivity (Wildman–Crippen MR) is 113 cm³/mol. The number of nitrogens with one attached hydrogen (secondary N) is 1. The summed E-state index contributed by atoms with van der Waals surface area (Å²) < 4.78 is 52.1. The van der Waals surface area contributed by atoms with Crippen LogP contribution in [-0.4, -0.2) is 42.9 Å². The zero-order valence-corrected chi connectivity index (χ0v) is 18.2. The highest BCUT2D eigenvalue weighted by Gasteiger charge is 2.30. The third-order valence-electron chi connectivity index (χ3n) is 4.66. The monoisotopic (exact) mass is 464 g/mol. The zero-order valence-electron chi connectivity index (χ0n) is 17.4.